The molecule has 0 radical (unpaired) electrons. The molecule has 0 aromatic heterocycles. The molecule has 1 rings (SSSR count). The third-order valence-electron chi connectivity index (χ3n) is 2.76. The summed E-state index contributed by atoms with van der Waals surface area (Å²) in [6.07, 6.45) is 0.945. The van der Waals surface area contributed by atoms with Crippen molar-refractivity contribution in [2.45, 2.75) is 13.3 Å². The Bertz CT molecular complexity index is 198. The van der Waals surface area contributed by atoms with Gasteiger partial charge in [-0.1, -0.05) is 0 Å². The van der Waals surface area contributed by atoms with E-state index in [4.69, 9.17) is 0 Å². The first-order chi connectivity index (χ1) is 6.54. The quantitative estimate of drug-likeness (QED) is 0.651. The summed E-state index contributed by atoms with van der Waals surface area (Å²) in [5, 5.41) is 6.20. The van der Waals surface area contributed by atoms with Gasteiger partial charge >= 0.3 is 0 Å². The molecule has 1 aliphatic rings. The summed E-state index contributed by atoms with van der Waals surface area (Å²) in [5.74, 6) is 0.185. The van der Waals surface area contributed by atoms with E-state index < -0.39 is 0 Å². The third-order valence-corrected chi connectivity index (χ3v) is 2.76. The molecule has 4 heteroatoms. The van der Waals surface area contributed by atoms with Crippen LogP contribution in [0.5, 0.6) is 0 Å². The van der Waals surface area contributed by atoms with Crippen LogP contribution in [0.25, 0.3) is 0 Å². The van der Waals surface area contributed by atoms with Crippen LogP contribution in [0.1, 0.15) is 13.3 Å². The van der Waals surface area contributed by atoms with Gasteiger partial charge in [0.1, 0.15) is 0 Å². The zero-order chi connectivity index (χ0) is 10.6. The molecule has 1 fully saturated rings. The van der Waals surface area contributed by atoms with E-state index in [1.807, 2.05) is 21.0 Å². The predicted octanol–water partition coefficient (Wildman–Crippen LogP) is -0.336. The van der Waals surface area contributed by atoms with Gasteiger partial charge in [-0.25, -0.2) is 0 Å². The van der Waals surface area contributed by atoms with Crippen molar-refractivity contribution >= 4 is 5.91 Å². The maximum absolute atomic E-state index is 11.8. The van der Waals surface area contributed by atoms with Crippen LogP contribution in [0.2, 0.25) is 0 Å². The molecule has 0 spiro atoms. The molecule has 0 aromatic rings. The second kappa shape index (κ2) is 4.75. The highest BCUT2D eigenvalue weighted by Crippen LogP contribution is 2.24. The molecule has 0 aromatic carbocycles. The first kappa shape index (κ1) is 11.5. The van der Waals surface area contributed by atoms with Crippen molar-refractivity contribution in [2.75, 3.05) is 40.3 Å². The number of rotatable bonds is 4. The monoisotopic (exact) mass is 199 g/mol. The number of nitrogens with zero attached hydrogens (tertiary/aromatic N) is 1. The fourth-order valence-corrected chi connectivity index (χ4v) is 1.62. The van der Waals surface area contributed by atoms with E-state index in [-0.39, 0.29) is 11.3 Å². The van der Waals surface area contributed by atoms with Gasteiger partial charge in [-0.05, 0) is 34.0 Å². The van der Waals surface area contributed by atoms with Crippen LogP contribution < -0.4 is 10.6 Å². The number of carbonyl (C=O) groups excluding carboxylic acids is 1. The van der Waals surface area contributed by atoms with Crippen molar-refractivity contribution in [1.82, 2.24) is 15.5 Å². The van der Waals surface area contributed by atoms with Crippen molar-refractivity contribution in [1.29, 1.82) is 0 Å². The highest BCUT2D eigenvalue weighted by Gasteiger charge is 2.35. The SMILES string of the molecule is CN(C)CCNC(=O)C1(C)CCNC1. The molecule has 14 heavy (non-hydrogen) atoms. The van der Waals surface area contributed by atoms with Gasteiger partial charge in [-0.15, -0.1) is 0 Å². The summed E-state index contributed by atoms with van der Waals surface area (Å²) >= 11 is 0. The van der Waals surface area contributed by atoms with Crippen LogP contribution in [-0.2, 0) is 4.79 Å². The van der Waals surface area contributed by atoms with Crippen molar-refractivity contribution in [3.05, 3.63) is 0 Å². The number of likely N-dealkylation sites (N-methyl/N-ethyl adjacent to an activating group) is 1. The highest BCUT2D eigenvalue weighted by atomic mass is 16.2. The Balaban J connectivity index is 2.27. The van der Waals surface area contributed by atoms with E-state index in [0.29, 0.717) is 0 Å². The molecule has 1 amide bonds. The van der Waals surface area contributed by atoms with Gasteiger partial charge < -0.3 is 15.5 Å². The Labute approximate surface area is 86.0 Å². The number of carbonyl (C=O) groups is 1. The van der Waals surface area contributed by atoms with Crippen molar-refractivity contribution in [3.63, 3.8) is 0 Å². The summed E-state index contributed by atoms with van der Waals surface area (Å²) < 4.78 is 0. The fourth-order valence-electron chi connectivity index (χ4n) is 1.62. The summed E-state index contributed by atoms with van der Waals surface area (Å²) in [6, 6.07) is 0. The standard InChI is InChI=1S/C10H21N3O/c1-10(4-5-11-8-10)9(14)12-6-7-13(2)3/h11H,4-8H2,1-3H3,(H,12,14). The fraction of sp³-hybridized carbons (Fsp3) is 0.900. The van der Waals surface area contributed by atoms with Crippen molar-refractivity contribution in [2.24, 2.45) is 5.41 Å². The Kier molecular flexibility index (Phi) is 3.89. The van der Waals surface area contributed by atoms with Crippen LogP contribution in [0.4, 0.5) is 0 Å². The van der Waals surface area contributed by atoms with E-state index in [1.54, 1.807) is 0 Å². The first-order valence-corrected chi connectivity index (χ1v) is 5.18. The smallest absolute Gasteiger partial charge is 0.227 e. The first-order valence-electron chi connectivity index (χ1n) is 5.18. The van der Waals surface area contributed by atoms with Crippen LogP contribution in [-0.4, -0.2) is 51.1 Å². The van der Waals surface area contributed by atoms with Crippen LogP contribution in [0, 0.1) is 5.41 Å². The third kappa shape index (κ3) is 2.96. The van der Waals surface area contributed by atoms with Gasteiger partial charge in [0, 0.05) is 19.6 Å². The molecule has 1 unspecified atom stereocenters. The van der Waals surface area contributed by atoms with Gasteiger partial charge in [-0.3, -0.25) is 4.79 Å². The average molecular weight is 199 g/mol. The average Bonchev–Trinajstić information content (AvgIpc) is 2.52. The second-order valence-corrected chi connectivity index (χ2v) is 4.55. The van der Waals surface area contributed by atoms with Gasteiger partial charge in [0.2, 0.25) is 5.91 Å². The van der Waals surface area contributed by atoms with Gasteiger partial charge in [0.15, 0.2) is 0 Å². The number of hydrogen-bond donors (Lipinski definition) is 2. The van der Waals surface area contributed by atoms with Gasteiger partial charge in [0.25, 0.3) is 0 Å². The highest BCUT2D eigenvalue weighted by molar-refractivity contribution is 5.82. The number of hydrogen-bond acceptors (Lipinski definition) is 3. The topological polar surface area (TPSA) is 44.4 Å². The van der Waals surface area contributed by atoms with Crippen LogP contribution in [0.3, 0.4) is 0 Å². The molecule has 1 aliphatic heterocycles. The van der Waals surface area contributed by atoms with Crippen molar-refractivity contribution < 1.29 is 4.79 Å². The Hall–Kier alpha value is -0.610. The molecule has 1 heterocycles. The molecule has 1 atom stereocenters. The molecular weight excluding hydrogens is 178 g/mol. The summed E-state index contributed by atoms with van der Waals surface area (Å²) in [4.78, 5) is 13.8. The molecule has 1 saturated heterocycles. The van der Waals surface area contributed by atoms with Crippen LogP contribution in [0.15, 0.2) is 0 Å². The molecule has 0 saturated carbocycles. The van der Waals surface area contributed by atoms with Crippen LogP contribution >= 0.6 is 0 Å². The van der Waals surface area contributed by atoms with E-state index >= 15 is 0 Å². The van der Waals surface area contributed by atoms with Crippen molar-refractivity contribution in [3.8, 4) is 0 Å². The van der Waals surface area contributed by atoms with Gasteiger partial charge in [-0.2, -0.15) is 0 Å². The maximum atomic E-state index is 11.8. The molecule has 2 N–H and O–H groups in total. The minimum Gasteiger partial charge on any atom is -0.354 e. The summed E-state index contributed by atoms with van der Waals surface area (Å²) in [7, 11) is 4.01. The summed E-state index contributed by atoms with van der Waals surface area (Å²) in [5.41, 5.74) is -0.188. The minimum absolute atomic E-state index is 0.185. The van der Waals surface area contributed by atoms with E-state index in [9.17, 15) is 4.79 Å². The predicted molar refractivity (Wildman–Crippen MR) is 57.2 cm³/mol. The zero-order valence-electron chi connectivity index (χ0n) is 9.39. The van der Waals surface area contributed by atoms with E-state index in [1.165, 1.54) is 0 Å². The Morgan fingerprint density at radius 1 is 1.57 bits per heavy atom. The zero-order valence-corrected chi connectivity index (χ0v) is 9.39. The van der Waals surface area contributed by atoms with E-state index in [0.717, 1.165) is 32.6 Å². The van der Waals surface area contributed by atoms with E-state index in [2.05, 4.69) is 15.5 Å². The lowest BCUT2D eigenvalue weighted by atomic mass is 9.89. The number of amides is 1. The molecule has 0 aliphatic carbocycles. The minimum atomic E-state index is -0.188. The Morgan fingerprint density at radius 3 is 2.79 bits per heavy atom. The second-order valence-electron chi connectivity index (χ2n) is 4.55. The molecule has 4 nitrogen and oxygen atoms in total. The molecular formula is C10H21N3O. The maximum Gasteiger partial charge on any atom is 0.227 e. The molecule has 0 bridgehead atoms. The number of nitrogens with one attached hydrogen (secondary N) is 2. The lowest BCUT2D eigenvalue weighted by Gasteiger charge is -2.22. The van der Waals surface area contributed by atoms with Gasteiger partial charge in [0.05, 0.1) is 5.41 Å². The lowest BCUT2D eigenvalue weighted by Crippen LogP contribution is -2.42. The normalized spacial score (nSPS) is 26.9. The lowest BCUT2D eigenvalue weighted by molar-refractivity contribution is -0.129. The summed E-state index contributed by atoms with van der Waals surface area (Å²) in [6.45, 7) is 5.42. The molecule has 82 valence electrons. The Morgan fingerprint density at radius 2 is 2.29 bits per heavy atom. The largest absolute Gasteiger partial charge is 0.354 e.